The molecule has 0 unspecified atom stereocenters. The van der Waals surface area contributed by atoms with Crippen molar-refractivity contribution < 1.29 is 17.9 Å². The summed E-state index contributed by atoms with van der Waals surface area (Å²) in [5.74, 6) is 0. The predicted molar refractivity (Wildman–Crippen MR) is 83.7 cm³/mol. The number of halogens is 1. The lowest BCUT2D eigenvalue weighted by atomic mass is 10.3. The number of aromatic nitrogens is 2. The minimum atomic E-state index is -3.51. The molecule has 2 heterocycles. The third-order valence-corrected chi connectivity index (χ3v) is 4.35. The second kappa shape index (κ2) is 6.43. The molecule has 8 heteroatoms. The van der Waals surface area contributed by atoms with Gasteiger partial charge in [0, 0.05) is 24.8 Å². The topological polar surface area (TPSA) is 70.4 Å². The van der Waals surface area contributed by atoms with Crippen LogP contribution >= 0.6 is 15.9 Å². The summed E-state index contributed by atoms with van der Waals surface area (Å²) in [5, 5.41) is 0.711. The zero-order valence-electron chi connectivity index (χ0n) is 12.0. The minimum absolute atomic E-state index is 0.415. The summed E-state index contributed by atoms with van der Waals surface area (Å²) < 4.78 is 37.2. The van der Waals surface area contributed by atoms with Gasteiger partial charge in [0.25, 0.3) is 0 Å². The predicted octanol–water partition coefficient (Wildman–Crippen LogP) is 2.68. The van der Waals surface area contributed by atoms with Gasteiger partial charge in [0.1, 0.15) is 4.60 Å². The molecule has 0 N–H and O–H groups in total. The first-order valence-corrected chi connectivity index (χ1v) is 9.13. The molecule has 0 radical (unpaired) electrons. The molecule has 0 atom stereocenters. The highest BCUT2D eigenvalue weighted by Crippen LogP contribution is 2.29. The van der Waals surface area contributed by atoms with Crippen molar-refractivity contribution in [1.29, 1.82) is 0 Å². The lowest BCUT2D eigenvalue weighted by molar-refractivity contribution is -0.142. The van der Waals surface area contributed by atoms with Gasteiger partial charge in [0.15, 0.2) is 6.29 Å². The molecule has 2 aromatic heterocycles. The Balaban J connectivity index is 2.72. The number of fused-ring (bicyclic) bond motifs is 1. The van der Waals surface area contributed by atoms with E-state index in [2.05, 4.69) is 20.9 Å². The van der Waals surface area contributed by atoms with Crippen LogP contribution in [0.1, 0.15) is 25.8 Å². The SMILES string of the molecule is CCOC(OCC)c1cc2cnc(Br)cc2n1S(C)(=O)=O. The molecule has 116 valence electrons. The van der Waals surface area contributed by atoms with E-state index < -0.39 is 16.3 Å². The fraction of sp³-hybridized carbons (Fsp3) is 0.462. The summed E-state index contributed by atoms with van der Waals surface area (Å²) in [6, 6.07) is 3.39. The Hall–Kier alpha value is -0.960. The fourth-order valence-electron chi connectivity index (χ4n) is 2.13. The van der Waals surface area contributed by atoms with Crippen LogP contribution in [0.15, 0.2) is 22.9 Å². The van der Waals surface area contributed by atoms with Crippen molar-refractivity contribution in [2.75, 3.05) is 19.5 Å². The lowest BCUT2D eigenvalue weighted by Gasteiger charge is -2.18. The number of ether oxygens (including phenoxy) is 2. The Morgan fingerprint density at radius 2 is 1.90 bits per heavy atom. The van der Waals surface area contributed by atoms with E-state index in [1.807, 2.05) is 13.8 Å². The van der Waals surface area contributed by atoms with Crippen molar-refractivity contribution in [1.82, 2.24) is 8.96 Å². The van der Waals surface area contributed by atoms with Crippen LogP contribution in [0.4, 0.5) is 0 Å². The van der Waals surface area contributed by atoms with Gasteiger partial charge in [-0.05, 0) is 41.9 Å². The Morgan fingerprint density at radius 1 is 1.29 bits per heavy atom. The summed E-state index contributed by atoms with van der Waals surface area (Å²) >= 11 is 3.26. The molecule has 0 aliphatic carbocycles. The monoisotopic (exact) mass is 376 g/mol. The van der Waals surface area contributed by atoms with E-state index in [0.717, 1.165) is 6.26 Å². The highest BCUT2D eigenvalue weighted by atomic mass is 79.9. The Bertz CT molecular complexity index is 736. The van der Waals surface area contributed by atoms with E-state index in [4.69, 9.17) is 9.47 Å². The molecular weight excluding hydrogens is 360 g/mol. The van der Waals surface area contributed by atoms with Gasteiger partial charge in [0.05, 0.1) is 17.5 Å². The molecule has 0 saturated carbocycles. The van der Waals surface area contributed by atoms with Crippen LogP contribution < -0.4 is 0 Å². The van der Waals surface area contributed by atoms with Gasteiger partial charge < -0.3 is 9.47 Å². The van der Waals surface area contributed by atoms with Gasteiger partial charge in [-0.25, -0.2) is 17.4 Å². The normalized spacial score (nSPS) is 12.4. The molecular formula is C13H17BrN2O4S. The summed E-state index contributed by atoms with van der Waals surface area (Å²) in [4.78, 5) is 4.12. The summed E-state index contributed by atoms with van der Waals surface area (Å²) in [7, 11) is -3.51. The van der Waals surface area contributed by atoms with Crippen LogP contribution in [0, 0.1) is 0 Å². The lowest BCUT2D eigenvalue weighted by Crippen LogP contribution is -2.19. The molecule has 6 nitrogen and oxygen atoms in total. The maximum Gasteiger partial charge on any atom is 0.236 e. The molecule has 2 rings (SSSR count). The van der Waals surface area contributed by atoms with E-state index in [-0.39, 0.29) is 0 Å². The average molecular weight is 377 g/mol. The van der Waals surface area contributed by atoms with Gasteiger partial charge in [-0.3, -0.25) is 0 Å². The van der Waals surface area contributed by atoms with Crippen LogP contribution in [0.2, 0.25) is 0 Å². The largest absolute Gasteiger partial charge is 0.347 e. The summed E-state index contributed by atoms with van der Waals surface area (Å²) in [5.41, 5.74) is 0.981. The Kier molecular flexibility index (Phi) is 5.03. The van der Waals surface area contributed by atoms with Crippen molar-refractivity contribution in [3.05, 3.63) is 28.6 Å². The van der Waals surface area contributed by atoms with E-state index >= 15 is 0 Å². The fourth-order valence-corrected chi connectivity index (χ4v) is 3.49. The summed E-state index contributed by atoms with van der Waals surface area (Å²) in [6.07, 6.45) is 2.03. The maximum atomic E-state index is 12.2. The molecule has 0 aromatic carbocycles. The molecule has 0 aliphatic heterocycles. The first-order valence-electron chi connectivity index (χ1n) is 6.49. The van der Waals surface area contributed by atoms with E-state index in [9.17, 15) is 8.42 Å². The van der Waals surface area contributed by atoms with Crippen LogP contribution in [0.5, 0.6) is 0 Å². The number of nitrogens with zero attached hydrogens (tertiary/aromatic N) is 2. The van der Waals surface area contributed by atoms with Crippen molar-refractivity contribution >= 4 is 36.9 Å². The van der Waals surface area contributed by atoms with Gasteiger partial charge in [-0.15, -0.1) is 0 Å². The summed E-state index contributed by atoms with van der Waals surface area (Å²) in [6.45, 7) is 4.49. The maximum absolute atomic E-state index is 12.2. The zero-order chi connectivity index (χ0) is 15.6. The Morgan fingerprint density at radius 3 is 2.43 bits per heavy atom. The van der Waals surface area contributed by atoms with Crippen molar-refractivity contribution in [2.24, 2.45) is 0 Å². The highest BCUT2D eigenvalue weighted by Gasteiger charge is 2.24. The highest BCUT2D eigenvalue weighted by molar-refractivity contribution is 9.10. The van der Waals surface area contributed by atoms with E-state index in [1.165, 1.54) is 3.97 Å². The third-order valence-electron chi connectivity index (χ3n) is 2.84. The molecule has 21 heavy (non-hydrogen) atoms. The van der Waals surface area contributed by atoms with Crippen molar-refractivity contribution in [3.8, 4) is 0 Å². The molecule has 0 aliphatic rings. The van der Waals surface area contributed by atoms with Gasteiger partial charge in [0.2, 0.25) is 10.0 Å². The van der Waals surface area contributed by atoms with Gasteiger partial charge in [-0.2, -0.15) is 0 Å². The number of pyridine rings is 1. The number of hydrogen-bond donors (Lipinski definition) is 0. The van der Waals surface area contributed by atoms with Gasteiger partial charge >= 0.3 is 0 Å². The first kappa shape index (κ1) is 16.4. The number of hydrogen-bond acceptors (Lipinski definition) is 5. The second-order valence-corrected chi connectivity index (χ2v) is 7.05. The van der Waals surface area contributed by atoms with Gasteiger partial charge in [-0.1, -0.05) is 0 Å². The molecule has 0 saturated heterocycles. The van der Waals surface area contributed by atoms with E-state index in [0.29, 0.717) is 34.4 Å². The molecule has 0 spiro atoms. The van der Waals surface area contributed by atoms with Crippen molar-refractivity contribution in [2.45, 2.75) is 20.1 Å². The van der Waals surface area contributed by atoms with Crippen LogP contribution in [0.3, 0.4) is 0 Å². The van der Waals surface area contributed by atoms with Crippen LogP contribution in [-0.4, -0.2) is 36.8 Å². The van der Waals surface area contributed by atoms with Crippen LogP contribution in [-0.2, 0) is 19.5 Å². The zero-order valence-corrected chi connectivity index (χ0v) is 14.4. The molecule has 0 amide bonds. The number of rotatable bonds is 6. The molecule has 0 fully saturated rings. The molecule has 2 aromatic rings. The van der Waals surface area contributed by atoms with Crippen LogP contribution in [0.25, 0.3) is 10.9 Å². The standard InChI is InChI=1S/C13H17BrN2O4S/c1-4-19-13(20-5-2)11-6-9-8-15-12(14)7-10(9)16(11)21(3,17)18/h6-8,13H,4-5H2,1-3H3. The third kappa shape index (κ3) is 3.45. The molecule has 0 bridgehead atoms. The van der Waals surface area contributed by atoms with Crippen molar-refractivity contribution in [3.63, 3.8) is 0 Å². The minimum Gasteiger partial charge on any atom is -0.347 e. The first-order chi connectivity index (χ1) is 9.88. The average Bonchev–Trinajstić information content (AvgIpc) is 2.76. The quantitative estimate of drug-likeness (QED) is 0.572. The smallest absolute Gasteiger partial charge is 0.236 e. The van der Waals surface area contributed by atoms with E-state index in [1.54, 1.807) is 18.3 Å². The Labute approximate surface area is 132 Å². The second-order valence-electron chi connectivity index (χ2n) is 4.41.